The van der Waals surface area contributed by atoms with Crippen molar-refractivity contribution in [1.82, 2.24) is 15.5 Å². The van der Waals surface area contributed by atoms with Crippen LogP contribution in [0.25, 0.3) is 0 Å². The molecule has 0 aliphatic heterocycles. The van der Waals surface area contributed by atoms with Crippen LogP contribution in [0.15, 0.2) is 28.8 Å². The van der Waals surface area contributed by atoms with Gasteiger partial charge >= 0.3 is 0 Å². The molecule has 5 heteroatoms. The van der Waals surface area contributed by atoms with Crippen LogP contribution in [-0.2, 0) is 12.8 Å². The molecule has 1 heterocycles. The number of benzene rings is 1. The molecule has 1 atom stereocenters. The fourth-order valence-electron chi connectivity index (χ4n) is 1.59. The van der Waals surface area contributed by atoms with Crippen molar-refractivity contribution in [3.8, 4) is 0 Å². The molecule has 0 radical (unpaired) electrons. The average molecular weight is 266 g/mol. The van der Waals surface area contributed by atoms with Crippen molar-refractivity contribution >= 4 is 11.6 Å². The van der Waals surface area contributed by atoms with Gasteiger partial charge in [0.05, 0.1) is 0 Å². The molecule has 4 nitrogen and oxygen atoms in total. The van der Waals surface area contributed by atoms with E-state index in [1.165, 1.54) is 0 Å². The molecule has 0 spiro atoms. The Morgan fingerprint density at radius 1 is 1.33 bits per heavy atom. The summed E-state index contributed by atoms with van der Waals surface area (Å²) in [5, 5.41) is 7.84. The maximum Gasteiger partial charge on any atom is 0.228 e. The van der Waals surface area contributed by atoms with E-state index in [2.05, 4.69) is 22.4 Å². The lowest BCUT2D eigenvalue weighted by Crippen LogP contribution is -2.23. The minimum absolute atomic E-state index is 0.328. The predicted molar refractivity (Wildman–Crippen MR) is 70.8 cm³/mol. The smallest absolute Gasteiger partial charge is 0.228 e. The van der Waals surface area contributed by atoms with E-state index in [4.69, 9.17) is 16.1 Å². The Bertz CT molecular complexity index is 495. The van der Waals surface area contributed by atoms with Gasteiger partial charge < -0.3 is 9.84 Å². The summed E-state index contributed by atoms with van der Waals surface area (Å²) >= 11 is 5.84. The van der Waals surface area contributed by atoms with Gasteiger partial charge in [-0.05, 0) is 31.7 Å². The average Bonchev–Trinajstić information content (AvgIpc) is 2.79. The Balaban J connectivity index is 2.00. The van der Waals surface area contributed by atoms with E-state index < -0.39 is 0 Å². The van der Waals surface area contributed by atoms with Crippen LogP contribution in [0, 0.1) is 0 Å². The highest BCUT2D eigenvalue weighted by molar-refractivity contribution is 6.30. The van der Waals surface area contributed by atoms with Crippen molar-refractivity contribution in [3.05, 3.63) is 46.6 Å². The second-order valence-electron chi connectivity index (χ2n) is 4.30. The molecular weight excluding hydrogens is 250 g/mol. The highest BCUT2D eigenvalue weighted by Gasteiger charge is 2.09. The summed E-state index contributed by atoms with van der Waals surface area (Å²) in [6.07, 6.45) is 1.40. The van der Waals surface area contributed by atoms with Gasteiger partial charge in [0.1, 0.15) is 0 Å². The van der Waals surface area contributed by atoms with Crippen LogP contribution in [0.4, 0.5) is 0 Å². The van der Waals surface area contributed by atoms with Gasteiger partial charge in [0.15, 0.2) is 5.82 Å². The molecule has 2 aromatic rings. The van der Waals surface area contributed by atoms with Crippen LogP contribution >= 0.6 is 11.6 Å². The number of hydrogen-bond acceptors (Lipinski definition) is 4. The van der Waals surface area contributed by atoms with Crippen LogP contribution in [0.2, 0.25) is 5.02 Å². The molecule has 0 saturated heterocycles. The van der Waals surface area contributed by atoms with E-state index in [1.807, 2.05) is 31.3 Å². The Hall–Kier alpha value is -1.39. The first-order chi connectivity index (χ1) is 8.67. The first-order valence-corrected chi connectivity index (χ1v) is 6.28. The number of aromatic nitrogens is 2. The number of likely N-dealkylation sites (N-methyl/N-ethyl adjacent to an activating group) is 1. The van der Waals surface area contributed by atoms with Crippen LogP contribution in [0.1, 0.15) is 24.2 Å². The van der Waals surface area contributed by atoms with Crippen LogP contribution in [0.5, 0.6) is 0 Å². The number of halogens is 1. The molecule has 1 aromatic heterocycles. The van der Waals surface area contributed by atoms with Gasteiger partial charge in [-0.15, -0.1) is 0 Å². The summed E-state index contributed by atoms with van der Waals surface area (Å²) in [6.45, 7) is 2.07. The summed E-state index contributed by atoms with van der Waals surface area (Å²) < 4.78 is 5.21. The van der Waals surface area contributed by atoms with Crippen molar-refractivity contribution in [3.63, 3.8) is 0 Å². The van der Waals surface area contributed by atoms with E-state index in [0.29, 0.717) is 24.2 Å². The molecule has 0 bridgehead atoms. The topological polar surface area (TPSA) is 51.0 Å². The van der Waals surface area contributed by atoms with Crippen LogP contribution < -0.4 is 5.32 Å². The molecule has 0 aliphatic carbocycles. The third-order valence-corrected chi connectivity index (χ3v) is 3.01. The molecule has 1 unspecified atom stereocenters. The molecule has 0 saturated carbocycles. The maximum absolute atomic E-state index is 5.84. The normalized spacial score (nSPS) is 12.6. The quantitative estimate of drug-likeness (QED) is 0.902. The summed E-state index contributed by atoms with van der Waals surface area (Å²) in [5.41, 5.74) is 1.12. The Morgan fingerprint density at radius 2 is 2.06 bits per heavy atom. The molecule has 1 aromatic carbocycles. The molecule has 18 heavy (non-hydrogen) atoms. The summed E-state index contributed by atoms with van der Waals surface area (Å²) in [7, 11) is 1.91. The van der Waals surface area contributed by atoms with Crippen LogP contribution in [-0.4, -0.2) is 23.2 Å². The number of hydrogen-bond donors (Lipinski definition) is 1. The van der Waals surface area contributed by atoms with E-state index in [1.54, 1.807) is 0 Å². The summed E-state index contributed by atoms with van der Waals surface area (Å²) in [5.74, 6) is 1.37. The molecular formula is C13H16ClN3O. The van der Waals surface area contributed by atoms with E-state index in [9.17, 15) is 0 Å². The van der Waals surface area contributed by atoms with Gasteiger partial charge in [0, 0.05) is 23.9 Å². The van der Waals surface area contributed by atoms with Gasteiger partial charge in [-0.1, -0.05) is 28.9 Å². The molecule has 1 N–H and O–H groups in total. The standard InChI is InChI=1S/C13H16ClN3O/c1-9(15-2)7-13-16-12(17-18-13)8-10-3-5-11(14)6-4-10/h3-6,9,15H,7-8H2,1-2H3. The number of nitrogens with zero attached hydrogens (tertiary/aromatic N) is 2. The Kier molecular flexibility index (Phi) is 4.33. The fraction of sp³-hybridized carbons (Fsp3) is 0.385. The Morgan fingerprint density at radius 3 is 2.72 bits per heavy atom. The zero-order chi connectivity index (χ0) is 13.0. The van der Waals surface area contributed by atoms with Gasteiger partial charge in [-0.25, -0.2) is 0 Å². The maximum atomic E-state index is 5.84. The minimum Gasteiger partial charge on any atom is -0.339 e. The lowest BCUT2D eigenvalue weighted by Gasteiger charge is -2.04. The largest absolute Gasteiger partial charge is 0.339 e. The highest BCUT2D eigenvalue weighted by atomic mass is 35.5. The van der Waals surface area contributed by atoms with Crippen molar-refractivity contribution in [1.29, 1.82) is 0 Å². The summed E-state index contributed by atoms with van der Waals surface area (Å²) in [6, 6.07) is 7.99. The molecule has 0 amide bonds. The fourth-order valence-corrected chi connectivity index (χ4v) is 1.72. The first kappa shape index (κ1) is 13.1. The number of nitrogens with one attached hydrogen (secondary N) is 1. The first-order valence-electron chi connectivity index (χ1n) is 5.90. The highest BCUT2D eigenvalue weighted by Crippen LogP contribution is 2.12. The third-order valence-electron chi connectivity index (χ3n) is 2.76. The van der Waals surface area contributed by atoms with Crippen molar-refractivity contribution in [2.75, 3.05) is 7.05 Å². The molecule has 2 rings (SSSR count). The zero-order valence-corrected chi connectivity index (χ0v) is 11.2. The lowest BCUT2D eigenvalue weighted by molar-refractivity contribution is 0.361. The minimum atomic E-state index is 0.328. The molecule has 96 valence electrons. The van der Waals surface area contributed by atoms with E-state index in [0.717, 1.165) is 17.0 Å². The van der Waals surface area contributed by atoms with Crippen molar-refractivity contribution < 1.29 is 4.52 Å². The van der Waals surface area contributed by atoms with Gasteiger partial charge in [-0.3, -0.25) is 0 Å². The number of rotatable bonds is 5. The predicted octanol–water partition coefficient (Wildman–Crippen LogP) is 2.46. The van der Waals surface area contributed by atoms with Gasteiger partial charge in [0.25, 0.3) is 0 Å². The monoisotopic (exact) mass is 265 g/mol. The molecule has 0 fully saturated rings. The van der Waals surface area contributed by atoms with Gasteiger partial charge in [-0.2, -0.15) is 4.98 Å². The second-order valence-corrected chi connectivity index (χ2v) is 4.74. The van der Waals surface area contributed by atoms with Gasteiger partial charge in [0.2, 0.25) is 5.89 Å². The van der Waals surface area contributed by atoms with Crippen LogP contribution in [0.3, 0.4) is 0 Å². The SMILES string of the molecule is CNC(C)Cc1nc(Cc2ccc(Cl)cc2)no1. The van der Waals surface area contributed by atoms with Crippen molar-refractivity contribution in [2.45, 2.75) is 25.8 Å². The third kappa shape index (κ3) is 3.55. The van der Waals surface area contributed by atoms with Crippen molar-refractivity contribution in [2.24, 2.45) is 0 Å². The lowest BCUT2D eigenvalue weighted by atomic mass is 10.1. The summed E-state index contributed by atoms with van der Waals surface area (Å²) in [4.78, 5) is 4.37. The molecule has 0 aliphatic rings. The Labute approximate surface area is 111 Å². The second kappa shape index (κ2) is 5.98. The van der Waals surface area contributed by atoms with E-state index >= 15 is 0 Å². The zero-order valence-electron chi connectivity index (χ0n) is 10.5. The van der Waals surface area contributed by atoms with E-state index in [-0.39, 0.29) is 0 Å².